The number of ether oxygens (including phenoxy) is 1. The van der Waals surface area contributed by atoms with Crippen molar-refractivity contribution in [2.45, 2.75) is 57.8 Å². The molecule has 0 N–H and O–H groups in total. The van der Waals surface area contributed by atoms with Gasteiger partial charge < -0.3 is 4.74 Å². The minimum Gasteiger partial charge on any atom is -0.496 e. The van der Waals surface area contributed by atoms with Crippen molar-refractivity contribution in [1.29, 1.82) is 0 Å². The van der Waals surface area contributed by atoms with Crippen molar-refractivity contribution in [2.75, 3.05) is 7.11 Å². The lowest BCUT2D eigenvalue weighted by molar-refractivity contribution is -0.00204. The second-order valence-corrected chi connectivity index (χ2v) is 7.81. The van der Waals surface area contributed by atoms with Gasteiger partial charge in [0.25, 0.3) is 0 Å². The Morgan fingerprint density at radius 1 is 1.27 bits per heavy atom. The number of ketones is 1. The number of Topliss-reactive ketones (excluding diaryl/α,β-unsaturated/α-hetero) is 1. The summed E-state index contributed by atoms with van der Waals surface area (Å²) in [7, 11) is 1.68. The highest BCUT2D eigenvalue weighted by molar-refractivity contribution is 5.99. The Kier molecular flexibility index (Phi) is 3.32. The Morgan fingerprint density at radius 2 is 2.14 bits per heavy atom. The molecule has 1 radical (unpaired) electrons. The number of carbonyl (C=O) groups excluding carboxylic acids is 1. The summed E-state index contributed by atoms with van der Waals surface area (Å²) in [6.45, 7) is 2.48. The second kappa shape index (κ2) is 5.11. The van der Waals surface area contributed by atoms with Gasteiger partial charge in [-0.2, -0.15) is 0 Å². The highest BCUT2D eigenvalue weighted by atomic mass is 16.5. The molecule has 2 saturated carbocycles. The van der Waals surface area contributed by atoms with E-state index in [0.717, 1.165) is 23.7 Å². The highest BCUT2D eigenvalue weighted by Crippen LogP contribution is 2.59. The summed E-state index contributed by atoms with van der Waals surface area (Å²) in [5, 5.41) is 0. The molecule has 22 heavy (non-hydrogen) atoms. The molecule has 0 aliphatic heterocycles. The smallest absolute Gasteiger partial charge is 0.163 e. The number of hydrogen-bond acceptors (Lipinski definition) is 2. The van der Waals surface area contributed by atoms with Crippen molar-refractivity contribution in [3.05, 3.63) is 29.3 Å². The van der Waals surface area contributed by atoms with Crippen LogP contribution in [0.15, 0.2) is 12.1 Å². The Morgan fingerprint density at radius 3 is 2.95 bits per heavy atom. The average Bonchev–Trinajstić information content (AvgIpc) is 2.54. The molecule has 0 spiro atoms. The van der Waals surface area contributed by atoms with Crippen LogP contribution in [0.3, 0.4) is 0 Å². The number of carbonyl (C=O) groups is 1. The van der Waals surface area contributed by atoms with E-state index in [1.54, 1.807) is 7.11 Å². The average molecular weight is 297 g/mol. The van der Waals surface area contributed by atoms with Gasteiger partial charge in [0, 0.05) is 18.1 Å². The number of benzene rings is 1. The summed E-state index contributed by atoms with van der Waals surface area (Å²) in [5.74, 6) is 2.92. The first-order valence-electron chi connectivity index (χ1n) is 8.75. The van der Waals surface area contributed by atoms with Gasteiger partial charge >= 0.3 is 0 Å². The Labute approximate surface area is 133 Å². The monoisotopic (exact) mass is 297 g/mol. The molecule has 0 aromatic heterocycles. The van der Waals surface area contributed by atoms with Crippen LogP contribution in [-0.2, 0) is 0 Å². The third-order valence-corrected chi connectivity index (χ3v) is 6.77. The van der Waals surface area contributed by atoms with Gasteiger partial charge in [0.2, 0.25) is 0 Å². The predicted molar refractivity (Wildman–Crippen MR) is 86.3 cm³/mol. The van der Waals surface area contributed by atoms with Gasteiger partial charge in [-0.3, -0.25) is 4.79 Å². The van der Waals surface area contributed by atoms with Gasteiger partial charge in [-0.05, 0) is 66.5 Å². The third-order valence-electron chi connectivity index (χ3n) is 6.77. The largest absolute Gasteiger partial charge is 0.496 e. The zero-order valence-electron chi connectivity index (χ0n) is 13.7. The maximum absolute atomic E-state index is 12.7. The van der Waals surface area contributed by atoms with Crippen LogP contribution in [0.5, 0.6) is 5.75 Å². The maximum atomic E-state index is 12.7. The SMILES string of the molecule is COc1[c]cc2c(c1)[C@H]1CC[C@]3(C)CCCC[C@H]3[C@@H]1CC2=O. The van der Waals surface area contributed by atoms with E-state index >= 15 is 0 Å². The summed E-state index contributed by atoms with van der Waals surface area (Å²) in [5.41, 5.74) is 2.62. The standard InChI is InChI=1S/C20H25O2/c1-20-9-4-3-5-18(20)17-12-19(21)15-7-6-13(22-2)11-16(15)14(17)8-10-20/h7,11,14,17-18H,3-5,8-10,12H2,1-2H3/t14-,17-,18+,20+/m1/s1. The van der Waals surface area contributed by atoms with Crippen molar-refractivity contribution < 1.29 is 9.53 Å². The van der Waals surface area contributed by atoms with E-state index in [-0.39, 0.29) is 0 Å². The van der Waals surface area contributed by atoms with Gasteiger partial charge in [-0.25, -0.2) is 0 Å². The number of methoxy groups -OCH3 is 1. The van der Waals surface area contributed by atoms with Crippen LogP contribution < -0.4 is 4.74 Å². The van der Waals surface area contributed by atoms with E-state index < -0.39 is 0 Å². The number of fused-ring (bicyclic) bond motifs is 5. The quantitative estimate of drug-likeness (QED) is 0.746. The molecular formula is C20H25O2. The van der Waals surface area contributed by atoms with Crippen LogP contribution in [-0.4, -0.2) is 12.9 Å². The van der Waals surface area contributed by atoms with Gasteiger partial charge in [0.05, 0.1) is 7.11 Å². The molecule has 0 amide bonds. The van der Waals surface area contributed by atoms with Crippen molar-refractivity contribution in [3.63, 3.8) is 0 Å². The lowest BCUT2D eigenvalue weighted by Gasteiger charge is -2.54. The molecule has 4 atom stereocenters. The second-order valence-electron chi connectivity index (χ2n) is 7.81. The molecule has 0 bridgehead atoms. The molecule has 0 unspecified atom stereocenters. The molecular weight excluding hydrogens is 272 g/mol. The van der Waals surface area contributed by atoms with Crippen LogP contribution in [0, 0.1) is 23.3 Å². The van der Waals surface area contributed by atoms with Gasteiger partial charge in [0.15, 0.2) is 5.78 Å². The Hall–Kier alpha value is -1.31. The summed E-state index contributed by atoms with van der Waals surface area (Å²) < 4.78 is 5.35. The van der Waals surface area contributed by atoms with E-state index in [1.807, 2.05) is 6.07 Å². The zero-order valence-corrected chi connectivity index (χ0v) is 13.7. The molecule has 2 heteroatoms. The minimum absolute atomic E-state index is 0.324. The molecule has 117 valence electrons. The Bertz CT molecular complexity index is 606. The first-order valence-corrected chi connectivity index (χ1v) is 8.75. The number of rotatable bonds is 1. The first-order chi connectivity index (χ1) is 10.6. The fraction of sp³-hybridized carbons (Fsp3) is 0.650. The molecule has 1 aromatic carbocycles. The van der Waals surface area contributed by atoms with E-state index in [0.29, 0.717) is 23.0 Å². The van der Waals surface area contributed by atoms with E-state index in [1.165, 1.54) is 44.1 Å². The maximum Gasteiger partial charge on any atom is 0.163 e. The lowest BCUT2D eigenvalue weighted by atomic mass is 9.51. The van der Waals surface area contributed by atoms with Crippen molar-refractivity contribution in [1.82, 2.24) is 0 Å². The predicted octanol–water partition coefficient (Wildman–Crippen LogP) is 4.77. The summed E-state index contributed by atoms with van der Waals surface area (Å²) in [4.78, 5) is 12.7. The number of hydrogen-bond donors (Lipinski definition) is 0. The van der Waals surface area contributed by atoms with Gasteiger partial charge in [-0.1, -0.05) is 19.8 Å². The van der Waals surface area contributed by atoms with Gasteiger partial charge in [-0.15, -0.1) is 0 Å². The van der Waals surface area contributed by atoms with Crippen LogP contribution in [0.1, 0.15) is 73.7 Å². The highest BCUT2D eigenvalue weighted by Gasteiger charge is 2.50. The van der Waals surface area contributed by atoms with Crippen LogP contribution in [0.25, 0.3) is 0 Å². The van der Waals surface area contributed by atoms with E-state index in [9.17, 15) is 4.79 Å². The van der Waals surface area contributed by atoms with Crippen molar-refractivity contribution in [2.24, 2.45) is 17.3 Å². The van der Waals surface area contributed by atoms with E-state index in [4.69, 9.17) is 4.74 Å². The molecule has 4 rings (SSSR count). The lowest BCUT2D eigenvalue weighted by Crippen LogP contribution is -2.45. The molecule has 0 saturated heterocycles. The summed E-state index contributed by atoms with van der Waals surface area (Å²) in [6, 6.07) is 7.03. The van der Waals surface area contributed by atoms with Crippen molar-refractivity contribution >= 4 is 5.78 Å². The third kappa shape index (κ3) is 2.03. The minimum atomic E-state index is 0.324. The topological polar surface area (TPSA) is 26.3 Å². The van der Waals surface area contributed by atoms with Crippen LogP contribution in [0.4, 0.5) is 0 Å². The fourth-order valence-electron chi connectivity index (χ4n) is 5.60. The van der Waals surface area contributed by atoms with Crippen LogP contribution in [0.2, 0.25) is 0 Å². The fourth-order valence-corrected chi connectivity index (χ4v) is 5.60. The Balaban J connectivity index is 1.75. The zero-order chi connectivity index (χ0) is 15.3. The summed E-state index contributed by atoms with van der Waals surface area (Å²) in [6.07, 6.45) is 8.68. The van der Waals surface area contributed by atoms with E-state index in [2.05, 4.69) is 19.1 Å². The molecule has 3 aliphatic rings. The molecule has 1 aromatic rings. The molecule has 3 aliphatic carbocycles. The molecule has 0 heterocycles. The first kappa shape index (κ1) is 14.3. The molecule has 2 nitrogen and oxygen atoms in total. The summed E-state index contributed by atoms with van der Waals surface area (Å²) >= 11 is 0. The van der Waals surface area contributed by atoms with Gasteiger partial charge in [0.1, 0.15) is 5.75 Å². The normalized spacial score (nSPS) is 37.0. The molecule has 2 fully saturated rings. The van der Waals surface area contributed by atoms with Crippen LogP contribution >= 0.6 is 0 Å². The van der Waals surface area contributed by atoms with Crippen molar-refractivity contribution in [3.8, 4) is 5.75 Å².